The van der Waals surface area contributed by atoms with Gasteiger partial charge in [0.05, 0.1) is 17.8 Å². The van der Waals surface area contributed by atoms with Gasteiger partial charge in [0, 0.05) is 21.5 Å². The van der Waals surface area contributed by atoms with Gasteiger partial charge < -0.3 is 15.7 Å². The van der Waals surface area contributed by atoms with Gasteiger partial charge in [-0.2, -0.15) is 0 Å². The van der Waals surface area contributed by atoms with Crippen molar-refractivity contribution >= 4 is 38.3 Å². The highest BCUT2D eigenvalue weighted by Crippen LogP contribution is 2.31. The smallest absolute Gasteiger partial charge is 0.243 e. The van der Waals surface area contributed by atoms with Crippen LogP contribution in [-0.4, -0.2) is 34.7 Å². The van der Waals surface area contributed by atoms with Crippen LogP contribution in [0.2, 0.25) is 0 Å². The van der Waals surface area contributed by atoms with Crippen molar-refractivity contribution in [2.45, 2.75) is 25.5 Å². The molecule has 0 radical (unpaired) electrons. The van der Waals surface area contributed by atoms with E-state index in [-0.39, 0.29) is 11.9 Å². The van der Waals surface area contributed by atoms with E-state index >= 15 is 0 Å². The summed E-state index contributed by atoms with van der Waals surface area (Å²) in [7, 11) is 0. The number of halogens is 1. The highest BCUT2D eigenvalue weighted by Gasteiger charge is 2.28. The van der Waals surface area contributed by atoms with Crippen molar-refractivity contribution in [2.24, 2.45) is 0 Å². The number of hydrogen-bond donors (Lipinski definition) is 3. The van der Waals surface area contributed by atoms with Crippen LogP contribution in [0, 0.1) is 6.92 Å². The topological polar surface area (TPSA) is 74.2 Å². The summed E-state index contributed by atoms with van der Waals surface area (Å²) in [4.78, 5) is 17.7. The number of rotatable bonds is 3. The van der Waals surface area contributed by atoms with Gasteiger partial charge in [0.2, 0.25) is 5.91 Å². The quantitative estimate of drug-likeness (QED) is 0.763. The Morgan fingerprint density at radius 2 is 2.18 bits per heavy atom. The van der Waals surface area contributed by atoms with Gasteiger partial charge >= 0.3 is 0 Å². The minimum absolute atomic E-state index is 0.146. The monoisotopic (exact) mass is 381 g/mol. The molecule has 1 aliphatic heterocycles. The van der Waals surface area contributed by atoms with Crippen molar-refractivity contribution in [1.29, 1.82) is 0 Å². The summed E-state index contributed by atoms with van der Waals surface area (Å²) in [5, 5.41) is 15.9. The largest absolute Gasteiger partial charge is 0.392 e. The predicted molar refractivity (Wildman–Crippen MR) is 91.0 cm³/mol. The number of thiazole rings is 1. The zero-order chi connectivity index (χ0) is 15.7. The first-order chi connectivity index (χ1) is 10.5. The Balaban J connectivity index is 1.75. The van der Waals surface area contributed by atoms with Gasteiger partial charge in [-0.25, -0.2) is 4.98 Å². The van der Waals surface area contributed by atoms with Crippen molar-refractivity contribution in [1.82, 2.24) is 10.3 Å². The van der Waals surface area contributed by atoms with Crippen LogP contribution in [0.4, 0.5) is 5.13 Å². The van der Waals surface area contributed by atoms with E-state index in [1.165, 1.54) is 11.3 Å². The predicted octanol–water partition coefficient (Wildman–Crippen LogP) is 2.54. The van der Waals surface area contributed by atoms with Crippen LogP contribution in [0.15, 0.2) is 28.7 Å². The van der Waals surface area contributed by atoms with Gasteiger partial charge in [-0.1, -0.05) is 28.1 Å². The number of nitrogens with one attached hydrogen (secondary N) is 2. The molecule has 2 atom stereocenters. The summed E-state index contributed by atoms with van der Waals surface area (Å²) >= 11 is 4.87. The number of aliphatic hydroxyl groups excluding tert-OH is 1. The van der Waals surface area contributed by atoms with Gasteiger partial charge in [-0.15, -0.1) is 11.3 Å². The van der Waals surface area contributed by atoms with Crippen molar-refractivity contribution in [2.75, 3.05) is 11.9 Å². The molecule has 7 heteroatoms. The second kappa shape index (κ2) is 6.45. The number of nitrogens with zero attached hydrogens (tertiary/aromatic N) is 1. The van der Waals surface area contributed by atoms with Crippen LogP contribution in [0.1, 0.15) is 11.3 Å². The van der Waals surface area contributed by atoms with Crippen LogP contribution in [0.25, 0.3) is 11.3 Å². The molecule has 3 N–H and O–H groups in total. The van der Waals surface area contributed by atoms with Crippen LogP contribution in [0.5, 0.6) is 0 Å². The average Bonchev–Trinajstić information content (AvgIpc) is 3.06. The summed E-state index contributed by atoms with van der Waals surface area (Å²) < 4.78 is 1.02. The molecule has 2 heterocycles. The lowest BCUT2D eigenvalue weighted by molar-refractivity contribution is -0.117. The number of β-amino-alcohol motifs (C(OH)–C–C–N with tert-alkyl or cyclic N) is 1. The second-order valence-electron chi connectivity index (χ2n) is 5.27. The Hall–Kier alpha value is -1.28. The number of aliphatic hydroxyl groups is 1. The van der Waals surface area contributed by atoms with Gasteiger partial charge in [-0.3, -0.25) is 4.79 Å². The summed E-state index contributed by atoms with van der Waals surface area (Å²) in [5.41, 5.74) is 1.90. The molecule has 1 saturated heterocycles. The molecule has 0 unspecified atom stereocenters. The Bertz CT molecular complexity index is 687. The van der Waals surface area contributed by atoms with Crippen LogP contribution in [0.3, 0.4) is 0 Å². The Morgan fingerprint density at radius 3 is 2.82 bits per heavy atom. The van der Waals surface area contributed by atoms with Gasteiger partial charge in [0.1, 0.15) is 0 Å². The number of benzene rings is 1. The number of carbonyl (C=O) groups is 1. The Kier molecular flexibility index (Phi) is 4.58. The van der Waals surface area contributed by atoms with Crippen molar-refractivity contribution in [3.8, 4) is 11.3 Å². The zero-order valence-corrected chi connectivity index (χ0v) is 14.4. The van der Waals surface area contributed by atoms with Crippen LogP contribution < -0.4 is 10.6 Å². The number of amides is 1. The van der Waals surface area contributed by atoms with Crippen LogP contribution >= 0.6 is 27.3 Å². The molecule has 0 bridgehead atoms. The molecule has 0 aliphatic carbocycles. The molecule has 1 amide bonds. The molecule has 2 aromatic rings. The van der Waals surface area contributed by atoms with Crippen molar-refractivity contribution in [3.05, 3.63) is 33.6 Å². The average molecular weight is 382 g/mol. The zero-order valence-electron chi connectivity index (χ0n) is 12.0. The molecule has 0 saturated carbocycles. The third kappa shape index (κ3) is 3.38. The molecule has 1 aliphatic rings. The maximum atomic E-state index is 12.1. The lowest BCUT2D eigenvalue weighted by atomic mass is 10.1. The highest BCUT2D eigenvalue weighted by molar-refractivity contribution is 9.10. The molecule has 116 valence electrons. The third-order valence-electron chi connectivity index (χ3n) is 3.57. The minimum Gasteiger partial charge on any atom is -0.392 e. The van der Waals surface area contributed by atoms with E-state index in [2.05, 4.69) is 31.5 Å². The van der Waals surface area contributed by atoms with Crippen molar-refractivity contribution in [3.63, 3.8) is 0 Å². The summed E-state index contributed by atoms with van der Waals surface area (Å²) in [6.07, 6.45) is -0.0115. The highest BCUT2D eigenvalue weighted by atomic mass is 79.9. The number of hydrogen-bond acceptors (Lipinski definition) is 5. The molecule has 1 aromatic carbocycles. The number of carbonyl (C=O) groups excluding carboxylic acids is 1. The molecular formula is C15H16BrN3O2S. The van der Waals surface area contributed by atoms with E-state index < -0.39 is 6.10 Å². The lowest BCUT2D eigenvalue weighted by Crippen LogP contribution is -2.35. The van der Waals surface area contributed by atoms with E-state index in [9.17, 15) is 9.90 Å². The maximum absolute atomic E-state index is 12.1. The first-order valence-electron chi connectivity index (χ1n) is 6.98. The molecule has 1 fully saturated rings. The summed E-state index contributed by atoms with van der Waals surface area (Å²) in [6, 6.07) is 7.57. The molecule has 22 heavy (non-hydrogen) atoms. The number of aryl methyl sites for hydroxylation is 1. The number of aromatic nitrogens is 1. The van der Waals surface area contributed by atoms with Gasteiger partial charge in [-0.05, 0) is 25.5 Å². The molecular weight excluding hydrogens is 366 g/mol. The van der Waals surface area contributed by atoms with Gasteiger partial charge in [0.25, 0.3) is 0 Å². The molecule has 1 aromatic heterocycles. The van der Waals surface area contributed by atoms with Gasteiger partial charge in [0.15, 0.2) is 5.13 Å². The third-order valence-corrected chi connectivity index (χ3v) is 4.98. The number of anilines is 1. The summed E-state index contributed by atoms with van der Waals surface area (Å²) in [6.45, 7) is 2.45. The van der Waals surface area contributed by atoms with E-state index in [1.807, 2.05) is 31.2 Å². The Labute approximate surface area is 140 Å². The normalized spacial score (nSPS) is 21.0. The van der Waals surface area contributed by atoms with E-state index in [1.54, 1.807) is 0 Å². The Morgan fingerprint density at radius 1 is 1.45 bits per heavy atom. The molecule has 3 rings (SSSR count). The molecule has 0 spiro atoms. The van der Waals surface area contributed by atoms with E-state index in [0.717, 1.165) is 20.6 Å². The maximum Gasteiger partial charge on any atom is 0.243 e. The fraction of sp³-hybridized carbons (Fsp3) is 0.333. The van der Waals surface area contributed by atoms with E-state index in [0.29, 0.717) is 18.1 Å². The fourth-order valence-electron chi connectivity index (χ4n) is 2.43. The minimum atomic E-state index is -0.452. The first kappa shape index (κ1) is 15.6. The van der Waals surface area contributed by atoms with Crippen molar-refractivity contribution < 1.29 is 9.90 Å². The molecule has 5 nitrogen and oxygen atoms in total. The standard InChI is InChI=1S/C15H16BrN3O2S/c1-8-13(9-2-4-10(16)5-3-9)18-15(22-8)19-14(21)12-6-11(20)7-17-12/h2-5,11-12,17,20H,6-7H2,1H3,(H,18,19,21)/t11-,12+/m1/s1. The fourth-order valence-corrected chi connectivity index (χ4v) is 3.54. The second-order valence-corrected chi connectivity index (χ2v) is 7.39. The van der Waals surface area contributed by atoms with E-state index in [4.69, 9.17) is 0 Å². The van der Waals surface area contributed by atoms with Crippen LogP contribution in [-0.2, 0) is 4.79 Å². The first-order valence-corrected chi connectivity index (χ1v) is 8.59. The lowest BCUT2D eigenvalue weighted by Gasteiger charge is -2.08. The SMILES string of the molecule is Cc1sc(NC(=O)[C@@H]2C[C@@H](O)CN2)nc1-c1ccc(Br)cc1. The summed E-state index contributed by atoms with van der Waals surface area (Å²) in [5.74, 6) is -0.146.